The smallest absolute Gasteiger partial charge is 0.319 e. The highest BCUT2D eigenvalue weighted by Crippen LogP contribution is 2.22. The van der Waals surface area contributed by atoms with E-state index in [1.54, 1.807) is 18.9 Å². The van der Waals surface area contributed by atoms with Crippen LogP contribution in [-0.4, -0.2) is 103 Å². The van der Waals surface area contributed by atoms with Crippen molar-refractivity contribution < 1.29 is 23.9 Å². The van der Waals surface area contributed by atoms with Crippen LogP contribution in [0.2, 0.25) is 0 Å². The number of piperidine rings is 2. The second-order valence-corrected chi connectivity index (χ2v) is 8.86. The minimum atomic E-state index is -0.281. The quantitative estimate of drug-likeness (QED) is 0.604. The van der Waals surface area contributed by atoms with Crippen LogP contribution in [0.3, 0.4) is 0 Å². The maximum atomic E-state index is 12.9. The van der Waals surface area contributed by atoms with Gasteiger partial charge < -0.3 is 24.3 Å². The van der Waals surface area contributed by atoms with E-state index in [4.69, 9.17) is 4.74 Å². The van der Waals surface area contributed by atoms with Crippen molar-refractivity contribution in [3.8, 4) is 0 Å². The predicted octanol–water partition coefficient (Wildman–Crippen LogP) is 1.17. The number of hydrogen-bond donors (Lipinski definition) is 0. The SMILES string of the molecule is CCOC(=O)C1CCCN(C(=O)CN(C)C(=O)C2CCN(C(=O)N3CCCC3)CC2)C1. The fourth-order valence-corrected chi connectivity index (χ4v) is 4.77. The average Bonchev–Trinajstić information content (AvgIpc) is 3.33. The van der Waals surface area contributed by atoms with Gasteiger partial charge in [0, 0.05) is 52.2 Å². The number of carbonyl (C=O) groups excluding carboxylic acids is 4. The second-order valence-electron chi connectivity index (χ2n) is 8.86. The highest BCUT2D eigenvalue weighted by molar-refractivity contribution is 5.86. The molecule has 3 fully saturated rings. The molecule has 0 spiro atoms. The lowest BCUT2D eigenvalue weighted by molar-refractivity contribution is -0.152. The fraction of sp³-hybridized carbons (Fsp3) is 0.818. The first-order chi connectivity index (χ1) is 14.9. The molecule has 3 aliphatic heterocycles. The molecule has 3 aliphatic rings. The van der Waals surface area contributed by atoms with Gasteiger partial charge in [-0.2, -0.15) is 0 Å². The van der Waals surface area contributed by atoms with Crippen molar-refractivity contribution in [2.24, 2.45) is 11.8 Å². The van der Waals surface area contributed by atoms with E-state index < -0.39 is 0 Å². The summed E-state index contributed by atoms with van der Waals surface area (Å²) < 4.78 is 5.09. The Labute approximate surface area is 184 Å². The van der Waals surface area contributed by atoms with Crippen LogP contribution in [0, 0.1) is 11.8 Å². The van der Waals surface area contributed by atoms with Crippen molar-refractivity contribution in [3.63, 3.8) is 0 Å². The van der Waals surface area contributed by atoms with E-state index in [9.17, 15) is 19.2 Å². The van der Waals surface area contributed by atoms with Gasteiger partial charge in [-0.1, -0.05) is 0 Å². The molecule has 3 saturated heterocycles. The third kappa shape index (κ3) is 5.89. The van der Waals surface area contributed by atoms with Crippen molar-refractivity contribution in [2.75, 3.05) is 59.5 Å². The highest BCUT2D eigenvalue weighted by atomic mass is 16.5. The van der Waals surface area contributed by atoms with Gasteiger partial charge in [0.2, 0.25) is 11.8 Å². The molecule has 0 radical (unpaired) electrons. The number of likely N-dealkylation sites (tertiary alicyclic amines) is 3. The van der Waals surface area contributed by atoms with Crippen LogP contribution in [0.5, 0.6) is 0 Å². The normalized spacial score (nSPS) is 22.4. The van der Waals surface area contributed by atoms with E-state index in [0.29, 0.717) is 45.6 Å². The molecule has 3 heterocycles. The Hall–Kier alpha value is -2.32. The summed E-state index contributed by atoms with van der Waals surface area (Å²) in [7, 11) is 1.66. The maximum Gasteiger partial charge on any atom is 0.319 e. The van der Waals surface area contributed by atoms with Gasteiger partial charge in [-0.15, -0.1) is 0 Å². The lowest BCUT2D eigenvalue weighted by Crippen LogP contribution is -2.50. The molecule has 0 aromatic heterocycles. The van der Waals surface area contributed by atoms with E-state index in [2.05, 4.69) is 0 Å². The van der Waals surface area contributed by atoms with Gasteiger partial charge in [0.25, 0.3) is 0 Å². The fourth-order valence-electron chi connectivity index (χ4n) is 4.77. The van der Waals surface area contributed by atoms with Gasteiger partial charge in [-0.25, -0.2) is 4.79 Å². The Morgan fingerprint density at radius 2 is 1.45 bits per heavy atom. The van der Waals surface area contributed by atoms with Gasteiger partial charge in [0.1, 0.15) is 0 Å². The number of ether oxygens (including phenoxy) is 1. The molecule has 31 heavy (non-hydrogen) atoms. The molecule has 1 atom stereocenters. The molecule has 1 unspecified atom stereocenters. The Kier molecular flexibility index (Phi) is 8.15. The van der Waals surface area contributed by atoms with Crippen LogP contribution < -0.4 is 0 Å². The number of hydrogen-bond acceptors (Lipinski definition) is 5. The van der Waals surface area contributed by atoms with Crippen molar-refractivity contribution in [2.45, 2.75) is 45.4 Å². The molecule has 4 amide bonds. The molecule has 9 nitrogen and oxygen atoms in total. The molecular formula is C22H36N4O5. The zero-order valence-corrected chi connectivity index (χ0v) is 18.9. The van der Waals surface area contributed by atoms with E-state index in [1.807, 2.05) is 9.80 Å². The topological polar surface area (TPSA) is 90.5 Å². The first kappa shape index (κ1) is 23.3. The molecule has 174 valence electrons. The lowest BCUT2D eigenvalue weighted by atomic mass is 9.95. The van der Waals surface area contributed by atoms with Crippen LogP contribution in [0.1, 0.15) is 45.4 Å². The third-order valence-electron chi connectivity index (χ3n) is 6.63. The number of amides is 4. The summed E-state index contributed by atoms with van der Waals surface area (Å²) in [5.74, 6) is -0.864. The molecule has 0 aromatic carbocycles. The average molecular weight is 437 g/mol. The molecular weight excluding hydrogens is 400 g/mol. The second kappa shape index (κ2) is 10.8. The van der Waals surface area contributed by atoms with E-state index in [-0.39, 0.29) is 42.2 Å². The minimum absolute atomic E-state index is 0.0152. The molecule has 9 heteroatoms. The first-order valence-corrected chi connectivity index (χ1v) is 11.6. The largest absolute Gasteiger partial charge is 0.466 e. The van der Waals surface area contributed by atoms with Crippen LogP contribution in [0.4, 0.5) is 4.79 Å². The summed E-state index contributed by atoms with van der Waals surface area (Å²) >= 11 is 0. The van der Waals surface area contributed by atoms with Gasteiger partial charge in [0.05, 0.1) is 19.1 Å². The van der Waals surface area contributed by atoms with Crippen molar-refractivity contribution in [3.05, 3.63) is 0 Å². The third-order valence-corrected chi connectivity index (χ3v) is 6.63. The van der Waals surface area contributed by atoms with E-state index in [1.165, 1.54) is 4.90 Å². The Morgan fingerprint density at radius 3 is 2.10 bits per heavy atom. The molecule has 0 bridgehead atoms. The molecule has 0 aliphatic carbocycles. The monoisotopic (exact) mass is 436 g/mol. The summed E-state index contributed by atoms with van der Waals surface area (Å²) in [5.41, 5.74) is 0. The van der Waals surface area contributed by atoms with Crippen LogP contribution in [0.25, 0.3) is 0 Å². The molecule has 3 rings (SSSR count). The molecule has 0 aromatic rings. The summed E-state index contributed by atoms with van der Waals surface area (Å²) in [6.45, 7) is 5.92. The first-order valence-electron chi connectivity index (χ1n) is 11.6. The molecule has 0 saturated carbocycles. The number of likely N-dealkylation sites (N-methyl/N-ethyl adjacent to an activating group) is 1. The van der Waals surface area contributed by atoms with Crippen LogP contribution in [0.15, 0.2) is 0 Å². The van der Waals surface area contributed by atoms with E-state index in [0.717, 1.165) is 38.8 Å². The van der Waals surface area contributed by atoms with Gasteiger partial charge in [-0.05, 0) is 45.4 Å². The van der Waals surface area contributed by atoms with Crippen molar-refractivity contribution >= 4 is 23.8 Å². The summed E-state index contributed by atoms with van der Waals surface area (Å²) in [5, 5.41) is 0. The Morgan fingerprint density at radius 1 is 0.839 bits per heavy atom. The summed E-state index contributed by atoms with van der Waals surface area (Å²) in [6, 6.07) is 0.0909. The summed E-state index contributed by atoms with van der Waals surface area (Å²) in [4.78, 5) is 57.1. The highest BCUT2D eigenvalue weighted by Gasteiger charge is 2.34. The Balaban J connectivity index is 1.44. The lowest BCUT2D eigenvalue weighted by Gasteiger charge is -2.36. The zero-order valence-electron chi connectivity index (χ0n) is 18.9. The van der Waals surface area contributed by atoms with Crippen LogP contribution in [-0.2, 0) is 19.1 Å². The van der Waals surface area contributed by atoms with Crippen molar-refractivity contribution in [1.29, 1.82) is 0 Å². The predicted molar refractivity (Wildman–Crippen MR) is 114 cm³/mol. The number of rotatable bonds is 5. The van der Waals surface area contributed by atoms with Crippen molar-refractivity contribution in [1.82, 2.24) is 19.6 Å². The van der Waals surface area contributed by atoms with E-state index >= 15 is 0 Å². The number of urea groups is 1. The van der Waals surface area contributed by atoms with Gasteiger partial charge >= 0.3 is 12.0 Å². The van der Waals surface area contributed by atoms with Gasteiger partial charge in [0.15, 0.2) is 0 Å². The maximum absolute atomic E-state index is 12.9. The Bertz CT molecular complexity index is 671. The minimum Gasteiger partial charge on any atom is -0.466 e. The zero-order chi connectivity index (χ0) is 22.4. The summed E-state index contributed by atoms with van der Waals surface area (Å²) in [6.07, 6.45) is 4.88. The molecule has 0 N–H and O–H groups in total. The van der Waals surface area contributed by atoms with Gasteiger partial charge in [-0.3, -0.25) is 14.4 Å². The van der Waals surface area contributed by atoms with Crippen LogP contribution >= 0.6 is 0 Å². The number of nitrogens with zero attached hydrogens (tertiary/aromatic N) is 4. The number of esters is 1. The number of carbonyl (C=O) groups is 4. The standard InChI is InChI=1S/C22H36N4O5/c1-3-31-21(29)18-7-6-12-26(15-18)19(27)16-23(2)20(28)17-8-13-25(14-9-17)22(30)24-10-4-5-11-24/h17-18H,3-16H2,1-2H3.